The fraction of sp³-hybridized carbons (Fsp3) is 0.241. The highest BCUT2D eigenvalue weighted by molar-refractivity contribution is 9.12. The van der Waals surface area contributed by atoms with Crippen molar-refractivity contribution in [2.24, 2.45) is 17.8 Å². The van der Waals surface area contributed by atoms with Gasteiger partial charge >= 0.3 is 0 Å². The second-order valence-corrected chi connectivity index (χ2v) is 11.2. The number of aromatic hydroxyl groups is 1. The lowest BCUT2D eigenvalue weighted by atomic mass is 9.59. The van der Waals surface area contributed by atoms with E-state index in [9.17, 15) is 24.3 Å². The molecule has 0 spiro atoms. The standard InChI is InChI=1S/C29H21BrClNO5/c1-13-5-6-15(10-22(13)31)32-28(36)18-8-7-17-19(25(18)29(32)37)11-20-26(23(34)12-21(30)27(20)35)24(17)14-3-2-4-16(33)9-14/h2-7,9-10,12,18-19,24-25,33H,8,11H2,1H3/t18-,19+,24-,25-/m0/s1. The number of fused-ring (bicyclic) bond motifs is 3. The number of rotatable bonds is 2. The van der Waals surface area contributed by atoms with Crippen LogP contribution in [0, 0.1) is 24.7 Å². The van der Waals surface area contributed by atoms with Gasteiger partial charge in [-0.15, -0.1) is 0 Å². The molecule has 3 aliphatic carbocycles. The van der Waals surface area contributed by atoms with Gasteiger partial charge in [-0.1, -0.05) is 41.4 Å². The lowest BCUT2D eigenvalue weighted by Crippen LogP contribution is -2.39. The van der Waals surface area contributed by atoms with Gasteiger partial charge in [0.15, 0.2) is 11.6 Å². The van der Waals surface area contributed by atoms with E-state index in [-0.39, 0.29) is 40.0 Å². The van der Waals surface area contributed by atoms with E-state index in [4.69, 9.17) is 11.6 Å². The van der Waals surface area contributed by atoms with Crippen molar-refractivity contribution in [1.82, 2.24) is 0 Å². The van der Waals surface area contributed by atoms with Crippen molar-refractivity contribution in [3.63, 3.8) is 0 Å². The summed E-state index contributed by atoms with van der Waals surface area (Å²) in [5, 5.41) is 10.7. The molecule has 0 aromatic heterocycles. The summed E-state index contributed by atoms with van der Waals surface area (Å²) in [6.07, 6.45) is 3.77. The van der Waals surface area contributed by atoms with Gasteiger partial charge in [0.2, 0.25) is 11.8 Å². The van der Waals surface area contributed by atoms with Crippen LogP contribution in [0.15, 0.2) is 75.8 Å². The molecule has 8 heteroatoms. The van der Waals surface area contributed by atoms with E-state index in [0.717, 1.165) is 11.1 Å². The predicted molar refractivity (Wildman–Crippen MR) is 141 cm³/mol. The molecule has 1 N–H and O–H groups in total. The smallest absolute Gasteiger partial charge is 0.238 e. The van der Waals surface area contributed by atoms with Crippen LogP contribution in [0.2, 0.25) is 5.02 Å². The van der Waals surface area contributed by atoms with E-state index < -0.39 is 23.7 Å². The van der Waals surface area contributed by atoms with Crippen LogP contribution in [0.25, 0.3) is 0 Å². The normalized spacial score (nSPS) is 27.1. The van der Waals surface area contributed by atoms with Gasteiger partial charge in [-0.25, -0.2) is 4.90 Å². The van der Waals surface area contributed by atoms with Crippen molar-refractivity contribution < 1.29 is 24.3 Å². The van der Waals surface area contributed by atoms with E-state index in [1.54, 1.807) is 42.5 Å². The van der Waals surface area contributed by atoms with Gasteiger partial charge in [0.25, 0.3) is 0 Å². The quantitative estimate of drug-likeness (QED) is 0.296. The highest BCUT2D eigenvalue weighted by atomic mass is 79.9. The number of anilines is 1. The van der Waals surface area contributed by atoms with E-state index in [1.165, 1.54) is 11.0 Å². The number of Topliss-reactive ketones (excluding diaryl/α,β-unsaturated/α-hetero) is 1. The molecule has 6 rings (SSSR count). The maximum atomic E-state index is 13.9. The van der Waals surface area contributed by atoms with Gasteiger partial charge in [-0.2, -0.15) is 0 Å². The fourth-order valence-corrected chi connectivity index (χ4v) is 6.89. The molecule has 0 saturated carbocycles. The number of phenolic OH excluding ortho intramolecular Hbond substituents is 1. The number of carbonyl (C=O) groups is 4. The zero-order valence-electron chi connectivity index (χ0n) is 19.7. The zero-order chi connectivity index (χ0) is 26.2. The van der Waals surface area contributed by atoms with Crippen LogP contribution in [0.3, 0.4) is 0 Å². The Balaban J connectivity index is 1.48. The van der Waals surface area contributed by atoms with Crippen LogP contribution in [0.4, 0.5) is 5.69 Å². The number of nitrogens with zero attached hydrogens (tertiary/aromatic N) is 1. The van der Waals surface area contributed by atoms with Crippen molar-refractivity contribution in [3.05, 3.63) is 92.0 Å². The first-order valence-electron chi connectivity index (χ1n) is 12.0. The summed E-state index contributed by atoms with van der Waals surface area (Å²) in [7, 11) is 0. The molecule has 1 heterocycles. The molecule has 186 valence electrons. The Bertz CT molecular complexity index is 1540. The fourth-order valence-electron chi connectivity index (χ4n) is 6.27. The van der Waals surface area contributed by atoms with Crippen LogP contribution in [-0.2, 0) is 19.2 Å². The Hall–Kier alpha value is -3.29. The summed E-state index contributed by atoms with van der Waals surface area (Å²) in [4.78, 5) is 55.1. The molecule has 37 heavy (non-hydrogen) atoms. The summed E-state index contributed by atoms with van der Waals surface area (Å²) in [5.41, 5.74) is 3.49. The SMILES string of the molecule is Cc1ccc(N2C(=O)[C@H]3[C@H](CC=C4[C@H](c5cccc(O)c5)C5=C(C[C@H]43)C(=O)C(Br)=CC5=O)C2=O)cc1Cl. The first-order valence-corrected chi connectivity index (χ1v) is 13.2. The second-order valence-electron chi connectivity index (χ2n) is 9.93. The molecule has 1 fully saturated rings. The third kappa shape index (κ3) is 3.59. The first kappa shape index (κ1) is 24.1. The first-order chi connectivity index (χ1) is 17.7. The minimum Gasteiger partial charge on any atom is -0.508 e. The Morgan fingerprint density at radius 1 is 1.03 bits per heavy atom. The zero-order valence-corrected chi connectivity index (χ0v) is 22.0. The van der Waals surface area contributed by atoms with E-state index in [2.05, 4.69) is 15.9 Å². The Morgan fingerprint density at radius 3 is 2.54 bits per heavy atom. The van der Waals surface area contributed by atoms with E-state index in [0.29, 0.717) is 33.8 Å². The van der Waals surface area contributed by atoms with Gasteiger partial charge in [0.1, 0.15) is 5.75 Å². The monoisotopic (exact) mass is 577 g/mol. The Morgan fingerprint density at radius 2 is 1.81 bits per heavy atom. The van der Waals surface area contributed by atoms with Gasteiger partial charge in [-0.05, 0) is 77.0 Å². The van der Waals surface area contributed by atoms with Crippen molar-refractivity contribution in [2.45, 2.75) is 25.7 Å². The van der Waals surface area contributed by atoms with E-state index >= 15 is 0 Å². The number of halogens is 2. The van der Waals surface area contributed by atoms with Crippen molar-refractivity contribution in [1.29, 1.82) is 0 Å². The number of phenols is 1. The molecule has 6 nitrogen and oxygen atoms in total. The molecule has 0 bridgehead atoms. The minimum absolute atomic E-state index is 0.0388. The molecule has 0 radical (unpaired) electrons. The summed E-state index contributed by atoms with van der Waals surface area (Å²) >= 11 is 9.53. The molecule has 4 aliphatic rings. The van der Waals surface area contributed by atoms with Gasteiger partial charge in [0, 0.05) is 28.2 Å². The number of allylic oxidation sites excluding steroid dienone is 6. The van der Waals surface area contributed by atoms with E-state index in [1.807, 2.05) is 13.0 Å². The lowest BCUT2D eigenvalue weighted by Gasteiger charge is -2.42. The number of ketones is 2. The van der Waals surface area contributed by atoms with Crippen molar-refractivity contribution in [2.75, 3.05) is 4.90 Å². The average Bonchev–Trinajstić information content (AvgIpc) is 3.13. The molecule has 2 amide bonds. The molecule has 1 aliphatic heterocycles. The van der Waals surface area contributed by atoms with Crippen LogP contribution >= 0.6 is 27.5 Å². The third-order valence-electron chi connectivity index (χ3n) is 7.95. The van der Waals surface area contributed by atoms with Crippen LogP contribution in [-0.4, -0.2) is 28.5 Å². The summed E-state index contributed by atoms with van der Waals surface area (Å²) < 4.78 is 0.176. The van der Waals surface area contributed by atoms with Crippen molar-refractivity contribution >= 4 is 56.6 Å². The number of carbonyl (C=O) groups excluding carboxylic acids is 4. The van der Waals surface area contributed by atoms with Gasteiger partial charge in [-0.3, -0.25) is 19.2 Å². The summed E-state index contributed by atoms with van der Waals surface area (Å²) in [5.74, 6) is -3.42. The molecule has 2 aromatic carbocycles. The maximum Gasteiger partial charge on any atom is 0.238 e. The topological polar surface area (TPSA) is 91.8 Å². The summed E-state index contributed by atoms with van der Waals surface area (Å²) in [6, 6.07) is 11.7. The molecule has 1 saturated heterocycles. The third-order valence-corrected chi connectivity index (χ3v) is 8.94. The number of imide groups is 1. The Kier molecular flexibility index (Phi) is 5.62. The number of benzene rings is 2. The molecule has 2 aromatic rings. The highest BCUT2D eigenvalue weighted by Gasteiger charge is 2.56. The molecule has 4 atom stereocenters. The second kappa shape index (κ2) is 8.64. The molecular weight excluding hydrogens is 558 g/mol. The van der Waals surface area contributed by atoms with Crippen molar-refractivity contribution in [3.8, 4) is 5.75 Å². The van der Waals surface area contributed by atoms with Crippen LogP contribution in [0.5, 0.6) is 5.75 Å². The average molecular weight is 579 g/mol. The minimum atomic E-state index is -0.672. The Labute approximate surface area is 226 Å². The molecule has 0 unspecified atom stereocenters. The highest BCUT2D eigenvalue weighted by Crippen LogP contribution is 2.55. The van der Waals surface area contributed by atoms with Gasteiger partial charge < -0.3 is 5.11 Å². The number of hydrogen-bond acceptors (Lipinski definition) is 5. The lowest BCUT2D eigenvalue weighted by molar-refractivity contribution is -0.123. The number of hydrogen-bond donors (Lipinski definition) is 1. The number of aryl methyl sites for hydroxylation is 1. The van der Waals surface area contributed by atoms with Crippen LogP contribution < -0.4 is 4.90 Å². The molecular formula is C29H21BrClNO5. The summed E-state index contributed by atoms with van der Waals surface area (Å²) in [6.45, 7) is 1.85. The predicted octanol–water partition coefficient (Wildman–Crippen LogP) is 5.32. The van der Waals surface area contributed by atoms with Crippen LogP contribution in [0.1, 0.15) is 29.9 Å². The maximum absolute atomic E-state index is 13.9. The largest absolute Gasteiger partial charge is 0.508 e. The van der Waals surface area contributed by atoms with Gasteiger partial charge in [0.05, 0.1) is 22.0 Å². The number of amides is 2.